The van der Waals surface area contributed by atoms with Crippen LogP contribution < -0.4 is 10.7 Å². The quantitative estimate of drug-likeness (QED) is 0.205. The lowest BCUT2D eigenvalue weighted by atomic mass is 9.99. The van der Waals surface area contributed by atoms with Crippen LogP contribution in [-0.4, -0.2) is 17.2 Å². The van der Waals surface area contributed by atoms with Gasteiger partial charge < -0.3 is 10.4 Å². The van der Waals surface area contributed by atoms with Crippen molar-refractivity contribution >= 4 is 46.1 Å². The van der Waals surface area contributed by atoms with Gasteiger partial charge in [0, 0.05) is 28.7 Å². The van der Waals surface area contributed by atoms with Crippen molar-refractivity contribution in [1.29, 1.82) is 0 Å². The van der Waals surface area contributed by atoms with Crippen molar-refractivity contribution in [3.8, 4) is 5.75 Å². The summed E-state index contributed by atoms with van der Waals surface area (Å²) in [5, 5.41) is 20.2. The molecule has 0 aliphatic carbocycles. The predicted molar refractivity (Wildman–Crippen MR) is 139 cm³/mol. The van der Waals surface area contributed by atoms with E-state index in [9.17, 15) is 9.90 Å². The molecule has 5 nitrogen and oxygen atoms in total. The molecule has 0 aromatic heterocycles. The fourth-order valence-corrected chi connectivity index (χ4v) is 3.96. The Morgan fingerprint density at radius 2 is 1.74 bits per heavy atom. The first-order chi connectivity index (χ1) is 16.4. The Morgan fingerprint density at radius 1 is 1.00 bits per heavy atom. The summed E-state index contributed by atoms with van der Waals surface area (Å²) in [4.78, 5) is 12.3. The molecule has 0 heterocycles. The Kier molecular flexibility index (Phi) is 7.48. The van der Waals surface area contributed by atoms with Crippen LogP contribution in [0.15, 0.2) is 84.0 Å². The zero-order chi connectivity index (χ0) is 24.1. The number of aromatic hydroxyl groups is 1. The number of halogens is 2. The molecule has 4 rings (SSSR count). The molecule has 4 aromatic rings. The minimum Gasteiger partial charge on any atom is -0.506 e. The summed E-state index contributed by atoms with van der Waals surface area (Å²) in [6.07, 6.45) is 1.62. The lowest BCUT2D eigenvalue weighted by molar-refractivity contribution is 0.0955. The lowest BCUT2D eigenvalue weighted by Crippen LogP contribution is -2.18. The fraction of sp³-hybridized carbons (Fsp3) is 0.111. The van der Waals surface area contributed by atoms with E-state index < -0.39 is 5.91 Å². The third kappa shape index (κ3) is 5.57. The number of phenols is 1. The predicted octanol–water partition coefficient (Wildman–Crippen LogP) is 6.47. The van der Waals surface area contributed by atoms with Crippen LogP contribution in [-0.2, 0) is 6.54 Å². The normalized spacial score (nSPS) is 12.2. The number of rotatable bonds is 7. The van der Waals surface area contributed by atoms with Crippen LogP contribution in [0.2, 0.25) is 10.0 Å². The number of carbonyl (C=O) groups excluding carboxylic acids is 1. The summed E-state index contributed by atoms with van der Waals surface area (Å²) in [5.74, 6) is -0.496. The Hall–Kier alpha value is -3.38. The maximum absolute atomic E-state index is 12.3. The highest BCUT2D eigenvalue weighted by Gasteiger charge is 2.10. The van der Waals surface area contributed by atoms with Gasteiger partial charge in [-0.3, -0.25) is 4.79 Å². The molecule has 0 fully saturated rings. The number of nitrogens with zero attached hydrogens (tertiary/aromatic N) is 1. The van der Waals surface area contributed by atoms with Gasteiger partial charge >= 0.3 is 0 Å². The SMILES string of the molecule is CC(NCc1ccc(C=NNC(=O)c2ccc(O)c(Cl)c2)c2ccccc12)c1ccc(Cl)cc1. The topological polar surface area (TPSA) is 73.7 Å². The van der Waals surface area contributed by atoms with Gasteiger partial charge in [-0.25, -0.2) is 5.43 Å². The number of carbonyl (C=O) groups is 1. The Morgan fingerprint density at radius 3 is 2.47 bits per heavy atom. The van der Waals surface area contributed by atoms with Crippen molar-refractivity contribution in [2.75, 3.05) is 0 Å². The third-order valence-electron chi connectivity index (χ3n) is 5.60. The third-order valence-corrected chi connectivity index (χ3v) is 6.15. The van der Waals surface area contributed by atoms with Crippen molar-refractivity contribution in [1.82, 2.24) is 10.7 Å². The number of nitrogens with one attached hydrogen (secondary N) is 2. The molecule has 172 valence electrons. The summed E-state index contributed by atoms with van der Waals surface area (Å²) in [6, 6.07) is 24.4. The molecule has 1 atom stereocenters. The van der Waals surface area contributed by atoms with Crippen LogP contribution >= 0.6 is 23.2 Å². The van der Waals surface area contributed by atoms with Crippen molar-refractivity contribution in [3.05, 3.63) is 111 Å². The second-order valence-corrected chi connectivity index (χ2v) is 8.72. The first-order valence-electron chi connectivity index (χ1n) is 10.7. The number of hydrogen-bond acceptors (Lipinski definition) is 4. The zero-order valence-corrected chi connectivity index (χ0v) is 19.9. The van der Waals surface area contributed by atoms with Gasteiger partial charge in [0.15, 0.2) is 0 Å². The van der Waals surface area contributed by atoms with Crippen LogP contribution in [0, 0.1) is 0 Å². The molecule has 0 aliphatic rings. The lowest BCUT2D eigenvalue weighted by Gasteiger charge is -2.16. The number of hydrogen-bond donors (Lipinski definition) is 3. The molecule has 1 unspecified atom stereocenters. The van der Waals surface area contributed by atoms with Gasteiger partial charge in [0.2, 0.25) is 0 Å². The van der Waals surface area contributed by atoms with Gasteiger partial charge in [0.1, 0.15) is 5.75 Å². The van der Waals surface area contributed by atoms with E-state index in [1.165, 1.54) is 23.8 Å². The molecule has 3 N–H and O–H groups in total. The van der Waals surface area contributed by atoms with Crippen molar-refractivity contribution in [2.45, 2.75) is 19.5 Å². The second-order valence-electron chi connectivity index (χ2n) is 7.88. The van der Waals surface area contributed by atoms with E-state index in [1.807, 2.05) is 48.5 Å². The summed E-state index contributed by atoms with van der Waals surface area (Å²) in [7, 11) is 0. The highest BCUT2D eigenvalue weighted by atomic mass is 35.5. The van der Waals surface area contributed by atoms with Gasteiger partial charge in [-0.2, -0.15) is 5.10 Å². The first-order valence-corrected chi connectivity index (χ1v) is 11.5. The Bertz CT molecular complexity index is 1350. The molecule has 7 heteroatoms. The van der Waals surface area contributed by atoms with E-state index in [2.05, 4.69) is 34.9 Å². The highest BCUT2D eigenvalue weighted by molar-refractivity contribution is 6.32. The molecule has 4 aromatic carbocycles. The van der Waals surface area contributed by atoms with Gasteiger partial charge in [-0.05, 0) is 59.2 Å². The average Bonchev–Trinajstić information content (AvgIpc) is 2.85. The molecular weight excluding hydrogens is 469 g/mol. The largest absolute Gasteiger partial charge is 0.506 e. The molecule has 34 heavy (non-hydrogen) atoms. The molecule has 0 saturated heterocycles. The van der Waals surface area contributed by atoms with Gasteiger partial charge in [-0.1, -0.05) is 71.7 Å². The summed E-state index contributed by atoms with van der Waals surface area (Å²) < 4.78 is 0. The Balaban J connectivity index is 1.48. The Labute approximate surface area is 208 Å². The number of fused-ring (bicyclic) bond motifs is 1. The van der Waals surface area contributed by atoms with Crippen molar-refractivity contribution in [2.24, 2.45) is 5.10 Å². The highest BCUT2D eigenvalue weighted by Crippen LogP contribution is 2.25. The summed E-state index contributed by atoms with van der Waals surface area (Å²) in [6.45, 7) is 2.82. The fourth-order valence-electron chi connectivity index (χ4n) is 3.66. The summed E-state index contributed by atoms with van der Waals surface area (Å²) >= 11 is 11.9. The van der Waals surface area contributed by atoms with E-state index in [-0.39, 0.29) is 16.8 Å². The number of phenolic OH excluding ortho intramolecular Hbond substituents is 1. The summed E-state index contributed by atoms with van der Waals surface area (Å²) in [5.41, 5.74) is 6.03. The van der Waals surface area contributed by atoms with Crippen molar-refractivity contribution < 1.29 is 9.90 Å². The van der Waals surface area contributed by atoms with Gasteiger partial charge in [0.25, 0.3) is 5.91 Å². The minimum atomic E-state index is -0.417. The van der Waals surface area contributed by atoms with Crippen LogP contribution in [0.3, 0.4) is 0 Å². The standard InChI is InChI=1S/C27H23Cl2N3O2/c1-17(18-8-11-22(28)12-9-18)30-15-20-6-7-21(24-5-3-2-4-23(20)24)16-31-32-27(34)19-10-13-26(33)25(29)14-19/h2-14,16-17,30,33H,15H2,1H3,(H,32,34). The number of amides is 1. The zero-order valence-electron chi connectivity index (χ0n) is 18.4. The van der Waals surface area contributed by atoms with Crippen LogP contribution in [0.1, 0.15) is 40.0 Å². The second kappa shape index (κ2) is 10.7. The molecule has 0 saturated carbocycles. The maximum Gasteiger partial charge on any atom is 0.271 e. The van der Waals surface area contributed by atoms with E-state index in [0.717, 1.165) is 26.9 Å². The van der Waals surface area contributed by atoms with E-state index in [0.29, 0.717) is 12.1 Å². The average molecular weight is 492 g/mol. The van der Waals surface area contributed by atoms with E-state index in [1.54, 1.807) is 6.21 Å². The molecule has 0 radical (unpaired) electrons. The van der Waals surface area contributed by atoms with Gasteiger partial charge in [0.05, 0.1) is 11.2 Å². The maximum atomic E-state index is 12.3. The van der Waals surface area contributed by atoms with Gasteiger partial charge in [-0.15, -0.1) is 0 Å². The van der Waals surface area contributed by atoms with Crippen molar-refractivity contribution in [3.63, 3.8) is 0 Å². The molecule has 0 spiro atoms. The van der Waals surface area contributed by atoms with E-state index >= 15 is 0 Å². The number of benzene rings is 4. The van der Waals surface area contributed by atoms with Crippen LogP contribution in [0.5, 0.6) is 5.75 Å². The minimum absolute atomic E-state index is 0.0784. The number of hydrazone groups is 1. The molecule has 1 amide bonds. The van der Waals surface area contributed by atoms with Crippen LogP contribution in [0.4, 0.5) is 0 Å². The van der Waals surface area contributed by atoms with E-state index in [4.69, 9.17) is 23.2 Å². The smallest absolute Gasteiger partial charge is 0.271 e. The first kappa shape index (κ1) is 23.8. The monoisotopic (exact) mass is 491 g/mol. The molecular formula is C27H23Cl2N3O2. The molecule has 0 bridgehead atoms. The van der Waals surface area contributed by atoms with Crippen LogP contribution in [0.25, 0.3) is 10.8 Å². The molecule has 0 aliphatic heterocycles.